The highest BCUT2D eigenvalue weighted by atomic mass is 19.1. The van der Waals surface area contributed by atoms with Gasteiger partial charge < -0.3 is 13.9 Å². The summed E-state index contributed by atoms with van der Waals surface area (Å²) < 4.78 is 21.2. The van der Waals surface area contributed by atoms with E-state index in [9.17, 15) is 14.0 Å². The van der Waals surface area contributed by atoms with Crippen LogP contribution in [-0.2, 0) is 4.79 Å². The van der Waals surface area contributed by atoms with E-state index in [-0.39, 0.29) is 24.4 Å². The number of fused-ring (bicyclic) bond motifs is 3. The van der Waals surface area contributed by atoms with Crippen molar-refractivity contribution in [1.29, 1.82) is 0 Å². The van der Waals surface area contributed by atoms with Crippen LogP contribution in [-0.4, -0.2) is 33.9 Å². The van der Waals surface area contributed by atoms with E-state index < -0.39 is 11.9 Å². The third kappa shape index (κ3) is 3.69. The van der Waals surface area contributed by atoms with Gasteiger partial charge in [0.1, 0.15) is 24.2 Å². The average molecular weight is 458 g/mol. The minimum absolute atomic E-state index is 0.139. The number of furan rings is 1. The Kier molecular flexibility index (Phi) is 5.53. The van der Waals surface area contributed by atoms with Gasteiger partial charge in [0.15, 0.2) is 0 Å². The molecule has 0 aliphatic carbocycles. The van der Waals surface area contributed by atoms with Crippen molar-refractivity contribution < 1.29 is 18.4 Å². The summed E-state index contributed by atoms with van der Waals surface area (Å²) in [7, 11) is 0. The van der Waals surface area contributed by atoms with E-state index in [0.717, 1.165) is 17.1 Å². The van der Waals surface area contributed by atoms with Gasteiger partial charge in [0, 0.05) is 17.8 Å². The first-order valence-electron chi connectivity index (χ1n) is 11.1. The van der Waals surface area contributed by atoms with Crippen LogP contribution in [0.5, 0.6) is 0 Å². The maximum absolute atomic E-state index is 13.9. The van der Waals surface area contributed by atoms with Crippen LogP contribution in [0.2, 0.25) is 0 Å². The Bertz CT molecular complexity index is 1330. The van der Waals surface area contributed by atoms with E-state index in [4.69, 9.17) is 4.42 Å². The largest absolute Gasteiger partial charge is 0.467 e. The monoisotopic (exact) mass is 457 g/mol. The molecule has 0 radical (unpaired) electrons. The lowest BCUT2D eigenvalue weighted by molar-refractivity contribution is -0.120. The van der Waals surface area contributed by atoms with Gasteiger partial charge in [-0.1, -0.05) is 12.1 Å². The summed E-state index contributed by atoms with van der Waals surface area (Å²) in [6, 6.07) is 19.9. The summed E-state index contributed by atoms with van der Waals surface area (Å²) in [5.41, 5.74) is 2.83. The van der Waals surface area contributed by atoms with Crippen LogP contribution < -0.4 is 4.90 Å². The van der Waals surface area contributed by atoms with Gasteiger partial charge in [0.2, 0.25) is 5.91 Å². The molecule has 4 aromatic rings. The molecule has 172 valence electrons. The molecular weight excluding hydrogens is 433 g/mol. The summed E-state index contributed by atoms with van der Waals surface area (Å²) >= 11 is 0. The van der Waals surface area contributed by atoms with Crippen molar-refractivity contribution in [2.45, 2.75) is 25.9 Å². The maximum Gasteiger partial charge on any atom is 0.254 e. The number of hydrogen-bond acceptors (Lipinski definition) is 3. The van der Waals surface area contributed by atoms with E-state index in [1.54, 1.807) is 17.2 Å². The van der Waals surface area contributed by atoms with E-state index in [1.165, 1.54) is 29.2 Å². The minimum atomic E-state index is -0.484. The number of halogens is 1. The molecule has 1 unspecified atom stereocenters. The summed E-state index contributed by atoms with van der Waals surface area (Å²) in [4.78, 5) is 30.4. The fourth-order valence-corrected chi connectivity index (χ4v) is 4.45. The van der Waals surface area contributed by atoms with Crippen molar-refractivity contribution >= 4 is 17.5 Å². The molecular formula is C27H24FN3O3. The third-order valence-electron chi connectivity index (χ3n) is 6.08. The van der Waals surface area contributed by atoms with Crippen LogP contribution >= 0.6 is 0 Å². The predicted molar refractivity (Wildman–Crippen MR) is 126 cm³/mol. The highest BCUT2D eigenvalue weighted by Crippen LogP contribution is 2.42. The zero-order chi connectivity index (χ0) is 23.8. The molecule has 2 amide bonds. The Hall–Kier alpha value is -4.13. The Morgan fingerprint density at radius 1 is 0.971 bits per heavy atom. The Balaban J connectivity index is 1.54. The highest BCUT2D eigenvalue weighted by Gasteiger charge is 2.38. The second kappa shape index (κ2) is 8.67. The molecule has 2 aromatic heterocycles. The van der Waals surface area contributed by atoms with Crippen molar-refractivity contribution in [3.63, 3.8) is 0 Å². The van der Waals surface area contributed by atoms with E-state index in [2.05, 4.69) is 4.57 Å². The SMILES string of the molecule is CC(C)N(CC(=O)N1c2ccccc2-n2cccc2C1c1ccco1)C(=O)c1ccc(F)cc1. The average Bonchev–Trinajstić information content (AvgIpc) is 3.54. The van der Waals surface area contributed by atoms with Gasteiger partial charge in [-0.05, 0) is 74.5 Å². The number of para-hydroxylation sites is 2. The molecule has 3 heterocycles. The van der Waals surface area contributed by atoms with Crippen molar-refractivity contribution in [1.82, 2.24) is 9.47 Å². The van der Waals surface area contributed by atoms with Crippen molar-refractivity contribution in [3.05, 3.63) is 108 Å². The first kappa shape index (κ1) is 21.7. The predicted octanol–water partition coefficient (Wildman–Crippen LogP) is 5.20. The number of amides is 2. The van der Waals surface area contributed by atoms with Crippen LogP contribution in [0.15, 0.2) is 89.7 Å². The quantitative estimate of drug-likeness (QED) is 0.414. The molecule has 0 fully saturated rings. The molecule has 1 aliphatic rings. The van der Waals surface area contributed by atoms with Gasteiger partial charge in [-0.3, -0.25) is 14.5 Å². The zero-order valence-electron chi connectivity index (χ0n) is 18.9. The lowest BCUT2D eigenvalue weighted by Gasteiger charge is -2.38. The molecule has 0 N–H and O–H groups in total. The smallest absolute Gasteiger partial charge is 0.254 e. The minimum Gasteiger partial charge on any atom is -0.467 e. The molecule has 1 aliphatic heterocycles. The van der Waals surface area contributed by atoms with Crippen LogP contribution in [0.25, 0.3) is 5.69 Å². The number of anilines is 1. The summed E-state index contributed by atoms with van der Waals surface area (Å²) in [6.45, 7) is 3.57. The number of carbonyl (C=O) groups is 2. The van der Waals surface area contributed by atoms with Crippen LogP contribution in [0.4, 0.5) is 10.1 Å². The molecule has 0 bridgehead atoms. The first-order valence-corrected chi connectivity index (χ1v) is 11.1. The van der Waals surface area contributed by atoms with Crippen LogP contribution in [0, 0.1) is 5.82 Å². The van der Waals surface area contributed by atoms with Crippen LogP contribution in [0.1, 0.15) is 41.7 Å². The molecule has 5 rings (SSSR count). The van der Waals surface area contributed by atoms with Gasteiger partial charge in [0.25, 0.3) is 5.91 Å². The first-order chi connectivity index (χ1) is 16.5. The maximum atomic E-state index is 13.9. The number of benzene rings is 2. The number of hydrogen-bond donors (Lipinski definition) is 0. The van der Waals surface area contributed by atoms with E-state index in [1.807, 2.05) is 62.5 Å². The number of nitrogens with zero attached hydrogens (tertiary/aromatic N) is 3. The lowest BCUT2D eigenvalue weighted by Crippen LogP contribution is -2.48. The van der Waals surface area contributed by atoms with E-state index >= 15 is 0 Å². The lowest BCUT2D eigenvalue weighted by atomic mass is 10.0. The second-order valence-corrected chi connectivity index (χ2v) is 8.51. The highest BCUT2D eigenvalue weighted by molar-refractivity contribution is 6.02. The summed E-state index contributed by atoms with van der Waals surface area (Å²) in [5.74, 6) is -0.362. The summed E-state index contributed by atoms with van der Waals surface area (Å²) in [6.07, 6.45) is 3.55. The molecule has 34 heavy (non-hydrogen) atoms. The molecule has 2 aromatic carbocycles. The van der Waals surface area contributed by atoms with E-state index in [0.29, 0.717) is 11.3 Å². The Morgan fingerprint density at radius 3 is 2.38 bits per heavy atom. The van der Waals surface area contributed by atoms with Crippen molar-refractivity contribution in [2.24, 2.45) is 0 Å². The fraction of sp³-hybridized carbons (Fsp3) is 0.185. The van der Waals surface area contributed by atoms with Crippen molar-refractivity contribution in [3.8, 4) is 5.69 Å². The van der Waals surface area contributed by atoms with Gasteiger partial charge in [-0.15, -0.1) is 0 Å². The Labute approximate surface area is 196 Å². The molecule has 7 heteroatoms. The van der Waals surface area contributed by atoms with Gasteiger partial charge in [0.05, 0.1) is 23.3 Å². The molecule has 0 spiro atoms. The van der Waals surface area contributed by atoms with Crippen LogP contribution in [0.3, 0.4) is 0 Å². The normalized spacial score (nSPS) is 14.6. The topological polar surface area (TPSA) is 58.7 Å². The second-order valence-electron chi connectivity index (χ2n) is 8.51. The van der Waals surface area contributed by atoms with Gasteiger partial charge >= 0.3 is 0 Å². The standard InChI is InChI=1S/C27H24FN3O3/c1-18(2)30(27(33)19-11-13-20(28)14-12-19)17-25(32)31-22-8-4-3-7-21(22)29-15-5-9-23(29)26(31)24-10-6-16-34-24/h3-16,18,26H,17H2,1-2H3. The van der Waals surface area contributed by atoms with Gasteiger partial charge in [-0.25, -0.2) is 4.39 Å². The fourth-order valence-electron chi connectivity index (χ4n) is 4.45. The number of carbonyl (C=O) groups excluding carboxylic acids is 2. The number of rotatable bonds is 5. The molecule has 0 saturated carbocycles. The van der Waals surface area contributed by atoms with Crippen molar-refractivity contribution in [2.75, 3.05) is 11.4 Å². The summed E-state index contributed by atoms with van der Waals surface area (Å²) in [5, 5.41) is 0. The molecule has 1 atom stereocenters. The Morgan fingerprint density at radius 2 is 1.71 bits per heavy atom. The zero-order valence-corrected chi connectivity index (χ0v) is 18.9. The molecule has 6 nitrogen and oxygen atoms in total. The third-order valence-corrected chi connectivity index (χ3v) is 6.08. The van der Waals surface area contributed by atoms with Gasteiger partial charge in [-0.2, -0.15) is 0 Å². The number of aromatic nitrogens is 1. The molecule has 0 saturated heterocycles.